The zero-order chi connectivity index (χ0) is 11.5. The van der Waals surface area contributed by atoms with E-state index in [0.717, 1.165) is 0 Å². The summed E-state index contributed by atoms with van der Waals surface area (Å²) in [6, 6.07) is 0. The molecule has 0 aromatic rings. The van der Waals surface area contributed by atoms with Crippen LogP contribution >= 0.6 is 0 Å². The van der Waals surface area contributed by atoms with Gasteiger partial charge in [-0.3, -0.25) is 4.79 Å². The molecule has 0 radical (unpaired) electrons. The Hall–Kier alpha value is -0.620. The molecule has 0 aromatic heterocycles. The van der Waals surface area contributed by atoms with E-state index in [1.54, 1.807) is 11.9 Å². The fraction of sp³-hybridized carbons (Fsp3) is 0.889. The summed E-state index contributed by atoms with van der Waals surface area (Å²) in [4.78, 5) is 12.8. The van der Waals surface area contributed by atoms with Crippen molar-refractivity contribution in [3.8, 4) is 0 Å². The van der Waals surface area contributed by atoms with E-state index in [9.17, 15) is 13.2 Å². The highest BCUT2D eigenvalue weighted by molar-refractivity contribution is 7.89. The summed E-state index contributed by atoms with van der Waals surface area (Å²) in [6.45, 7) is 2.85. The number of sulfonamides is 1. The molecule has 6 heteroatoms. The Morgan fingerprint density at radius 2 is 2.20 bits per heavy atom. The molecule has 1 atom stereocenters. The van der Waals surface area contributed by atoms with Crippen LogP contribution in [0.1, 0.15) is 19.8 Å². The second-order valence-electron chi connectivity index (χ2n) is 4.01. The lowest BCUT2D eigenvalue weighted by Crippen LogP contribution is -2.32. The largest absolute Gasteiger partial charge is 0.345 e. The molecule has 1 fully saturated rings. The minimum Gasteiger partial charge on any atom is -0.345 e. The highest BCUT2D eigenvalue weighted by Crippen LogP contribution is 2.14. The molecule has 1 rings (SSSR count). The van der Waals surface area contributed by atoms with Crippen LogP contribution in [0.15, 0.2) is 0 Å². The number of hydrogen-bond acceptors (Lipinski definition) is 3. The SMILES string of the molecule is CCCS(=O)(=O)NCC1CC(=O)N(C)C1. The summed E-state index contributed by atoms with van der Waals surface area (Å²) in [5.74, 6) is 0.368. The first kappa shape index (κ1) is 12.4. The Labute approximate surface area is 90.9 Å². The molecular formula is C9H18N2O3S. The zero-order valence-electron chi connectivity index (χ0n) is 9.19. The van der Waals surface area contributed by atoms with E-state index in [4.69, 9.17) is 0 Å². The molecule has 88 valence electrons. The minimum atomic E-state index is -3.13. The van der Waals surface area contributed by atoms with Crippen molar-refractivity contribution >= 4 is 15.9 Å². The van der Waals surface area contributed by atoms with Gasteiger partial charge >= 0.3 is 0 Å². The van der Waals surface area contributed by atoms with Gasteiger partial charge in [-0.25, -0.2) is 13.1 Å². The van der Waals surface area contributed by atoms with Gasteiger partial charge in [0.15, 0.2) is 0 Å². The Kier molecular flexibility index (Phi) is 4.10. The van der Waals surface area contributed by atoms with Gasteiger partial charge in [0.1, 0.15) is 0 Å². The van der Waals surface area contributed by atoms with Crippen LogP contribution in [0.2, 0.25) is 0 Å². The second-order valence-corrected chi connectivity index (χ2v) is 5.94. The number of carbonyl (C=O) groups excluding carboxylic acids is 1. The maximum atomic E-state index is 11.3. The smallest absolute Gasteiger partial charge is 0.222 e. The van der Waals surface area contributed by atoms with Gasteiger partial charge in [-0.1, -0.05) is 6.92 Å². The maximum absolute atomic E-state index is 11.3. The van der Waals surface area contributed by atoms with Crippen LogP contribution in [0.25, 0.3) is 0 Å². The molecule has 5 nitrogen and oxygen atoms in total. The molecule has 0 saturated carbocycles. The van der Waals surface area contributed by atoms with Crippen molar-refractivity contribution in [1.82, 2.24) is 9.62 Å². The summed E-state index contributed by atoms with van der Waals surface area (Å²) in [6.07, 6.45) is 1.06. The van der Waals surface area contributed by atoms with E-state index in [-0.39, 0.29) is 17.6 Å². The van der Waals surface area contributed by atoms with E-state index in [0.29, 0.717) is 25.9 Å². The molecule has 0 bridgehead atoms. The normalized spacial score (nSPS) is 22.4. The monoisotopic (exact) mass is 234 g/mol. The van der Waals surface area contributed by atoms with Crippen LogP contribution in [0, 0.1) is 5.92 Å². The molecule has 0 aromatic carbocycles. The average molecular weight is 234 g/mol. The predicted octanol–water partition coefficient (Wildman–Crippen LogP) is -0.206. The third-order valence-electron chi connectivity index (χ3n) is 2.49. The Bertz CT molecular complexity index is 326. The fourth-order valence-corrected chi connectivity index (χ4v) is 2.85. The zero-order valence-corrected chi connectivity index (χ0v) is 10.0. The van der Waals surface area contributed by atoms with Gasteiger partial charge in [0, 0.05) is 26.6 Å². The molecule has 1 aliphatic heterocycles. The number of rotatable bonds is 5. The van der Waals surface area contributed by atoms with E-state index < -0.39 is 10.0 Å². The third-order valence-corrected chi connectivity index (χ3v) is 4.04. The number of hydrogen-bond donors (Lipinski definition) is 1. The van der Waals surface area contributed by atoms with E-state index in [2.05, 4.69) is 4.72 Å². The summed E-state index contributed by atoms with van der Waals surface area (Å²) in [5, 5.41) is 0. The second kappa shape index (κ2) is 4.94. The predicted molar refractivity (Wildman–Crippen MR) is 57.8 cm³/mol. The molecule has 15 heavy (non-hydrogen) atoms. The lowest BCUT2D eigenvalue weighted by Gasteiger charge is -2.11. The molecule has 0 spiro atoms. The molecule has 1 aliphatic rings. The Balaban J connectivity index is 2.36. The summed E-state index contributed by atoms with van der Waals surface area (Å²) in [5.41, 5.74) is 0. The van der Waals surface area contributed by atoms with Crippen LogP contribution in [-0.4, -0.2) is 45.1 Å². The van der Waals surface area contributed by atoms with Gasteiger partial charge in [0.25, 0.3) is 0 Å². The lowest BCUT2D eigenvalue weighted by atomic mass is 10.1. The number of carbonyl (C=O) groups is 1. The molecular weight excluding hydrogens is 216 g/mol. The third kappa shape index (κ3) is 3.79. The highest BCUT2D eigenvalue weighted by atomic mass is 32.2. The van der Waals surface area contributed by atoms with Gasteiger partial charge in [-0.2, -0.15) is 0 Å². The Morgan fingerprint density at radius 1 is 1.53 bits per heavy atom. The first-order chi connectivity index (χ1) is 6.94. The van der Waals surface area contributed by atoms with Gasteiger partial charge in [0.05, 0.1) is 5.75 Å². The van der Waals surface area contributed by atoms with Crippen molar-refractivity contribution in [2.45, 2.75) is 19.8 Å². The standard InChI is InChI=1S/C9H18N2O3S/c1-3-4-15(13,14)10-6-8-5-9(12)11(2)7-8/h8,10H,3-7H2,1-2H3. The summed E-state index contributed by atoms with van der Waals surface area (Å²) < 4.78 is 25.2. The van der Waals surface area contributed by atoms with Crippen molar-refractivity contribution < 1.29 is 13.2 Å². The van der Waals surface area contributed by atoms with Crippen molar-refractivity contribution in [3.63, 3.8) is 0 Å². The molecule has 1 N–H and O–H groups in total. The summed E-state index contributed by atoms with van der Waals surface area (Å²) >= 11 is 0. The number of nitrogens with zero attached hydrogens (tertiary/aromatic N) is 1. The van der Waals surface area contributed by atoms with Gasteiger partial charge < -0.3 is 4.90 Å². The van der Waals surface area contributed by atoms with Crippen molar-refractivity contribution in [1.29, 1.82) is 0 Å². The fourth-order valence-electron chi connectivity index (χ4n) is 1.68. The average Bonchev–Trinajstić information content (AvgIpc) is 2.44. The maximum Gasteiger partial charge on any atom is 0.222 e. The highest BCUT2D eigenvalue weighted by Gasteiger charge is 2.27. The van der Waals surface area contributed by atoms with Crippen LogP contribution in [0.5, 0.6) is 0 Å². The lowest BCUT2D eigenvalue weighted by molar-refractivity contribution is -0.126. The van der Waals surface area contributed by atoms with Crippen molar-refractivity contribution in [2.75, 3.05) is 25.9 Å². The topological polar surface area (TPSA) is 66.5 Å². The van der Waals surface area contributed by atoms with Gasteiger partial charge in [-0.15, -0.1) is 0 Å². The summed E-state index contributed by atoms with van der Waals surface area (Å²) in [7, 11) is -1.39. The van der Waals surface area contributed by atoms with Crippen LogP contribution in [0.3, 0.4) is 0 Å². The Morgan fingerprint density at radius 3 is 2.67 bits per heavy atom. The van der Waals surface area contributed by atoms with Crippen molar-refractivity contribution in [2.24, 2.45) is 5.92 Å². The quantitative estimate of drug-likeness (QED) is 0.716. The van der Waals surface area contributed by atoms with Crippen LogP contribution in [-0.2, 0) is 14.8 Å². The number of likely N-dealkylation sites (tertiary alicyclic amines) is 1. The van der Waals surface area contributed by atoms with Crippen LogP contribution in [0.4, 0.5) is 0 Å². The van der Waals surface area contributed by atoms with Gasteiger partial charge in [0.2, 0.25) is 15.9 Å². The van der Waals surface area contributed by atoms with Crippen LogP contribution < -0.4 is 4.72 Å². The number of nitrogens with one attached hydrogen (secondary N) is 1. The molecule has 1 unspecified atom stereocenters. The molecule has 0 aliphatic carbocycles. The van der Waals surface area contributed by atoms with Gasteiger partial charge in [-0.05, 0) is 12.3 Å². The van der Waals surface area contributed by atoms with Crippen molar-refractivity contribution in [3.05, 3.63) is 0 Å². The minimum absolute atomic E-state index is 0.0923. The molecule has 1 amide bonds. The first-order valence-corrected chi connectivity index (χ1v) is 6.81. The first-order valence-electron chi connectivity index (χ1n) is 5.16. The molecule has 1 heterocycles. The molecule has 1 saturated heterocycles. The van der Waals surface area contributed by atoms with E-state index in [1.807, 2.05) is 6.92 Å². The van der Waals surface area contributed by atoms with E-state index in [1.165, 1.54) is 0 Å². The number of amides is 1. The van der Waals surface area contributed by atoms with E-state index >= 15 is 0 Å².